The van der Waals surface area contributed by atoms with Crippen molar-refractivity contribution in [2.24, 2.45) is 0 Å². The lowest BCUT2D eigenvalue weighted by Gasteiger charge is -2.38. The van der Waals surface area contributed by atoms with Crippen LogP contribution < -0.4 is 10.6 Å². The van der Waals surface area contributed by atoms with Crippen LogP contribution in [0.1, 0.15) is 39.3 Å². The number of ether oxygens (including phenoxy) is 1. The van der Waals surface area contributed by atoms with Crippen LogP contribution in [0.25, 0.3) is 0 Å². The Morgan fingerprint density at radius 1 is 1.55 bits per heavy atom. The van der Waals surface area contributed by atoms with Gasteiger partial charge in [-0.05, 0) is 56.1 Å². The molecule has 8 heteroatoms. The SMILES string of the molecule is CC(C)(C)OC(=O)N[C@@]1(c2nc(Br)cnc2Cl)CCCNC1. The van der Waals surface area contributed by atoms with Crippen molar-refractivity contribution < 1.29 is 9.53 Å². The number of carbonyl (C=O) groups excluding carboxylic acids is 1. The molecule has 1 fully saturated rings. The molecule has 0 radical (unpaired) electrons. The van der Waals surface area contributed by atoms with Gasteiger partial charge in [-0.15, -0.1) is 0 Å². The third-order valence-electron chi connectivity index (χ3n) is 3.28. The minimum atomic E-state index is -0.728. The summed E-state index contributed by atoms with van der Waals surface area (Å²) in [6.45, 7) is 6.88. The summed E-state index contributed by atoms with van der Waals surface area (Å²) in [6.07, 6.45) is 2.64. The highest BCUT2D eigenvalue weighted by molar-refractivity contribution is 9.10. The highest BCUT2D eigenvalue weighted by atomic mass is 79.9. The van der Waals surface area contributed by atoms with E-state index in [1.165, 1.54) is 6.20 Å². The van der Waals surface area contributed by atoms with E-state index in [1.807, 2.05) is 20.8 Å². The fraction of sp³-hybridized carbons (Fsp3) is 0.643. The maximum Gasteiger partial charge on any atom is 0.408 e. The molecule has 1 atom stereocenters. The maximum atomic E-state index is 12.2. The largest absolute Gasteiger partial charge is 0.444 e. The van der Waals surface area contributed by atoms with Gasteiger partial charge in [0.15, 0.2) is 5.15 Å². The quantitative estimate of drug-likeness (QED) is 0.810. The van der Waals surface area contributed by atoms with Gasteiger partial charge < -0.3 is 15.4 Å². The molecule has 1 aromatic heterocycles. The lowest BCUT2D eigenvalue weighted by molar-refractivity contribution is 0.0427. The normalized spacial score (nSPS) is 22.2. The number of nitrogens with zero attached hydrogens (tertiary/aromatic N) is 2. The first kappa shape index (κ1) is 17.4. The van der Waals surface area contributed by atoms with E-state index in [2.05, 4.69) is 36.5 Å². The third-order valence-corrected chi connectivity index (χ3v) is 3.93. The molecule has 6 nitrogen and oxygen atoms in total. The molecule has 1 amide bonds. The monoisotopic (exact) mass is 390 g/mol. The summed E-state index contributed by atoms with van der Waals surface area (Å²) in [5, 5.41) is 6.50. The number of nitrogens with one attached hydrogen (secondary N) is 2. The smallest absolute Gasteiger partial charge is 0.408 e. The van der Waals surface area contributed by atoms with Crippen molar-refractivity contribution in [1.29, 1.82) is 0 Å². The van der Waals surface area contributed by atoms with E-state index in [4.69, 9.17) is 16.3 Å². The fourth-order valence-corrected chi connectivity index (χ4v) is 2.98. The van der Waals surface area contributed by atoms with Gasteiger partial charge in [0.05, 0.1) is 6.20 Å². The number of rotatable bonds is 2. The average molecular weight is 392 g/mol. The van der Waals surface area contributed by atoms with Crippen LogP contribution in [0.15, 0.2) is 10.8 Å². The number of carbonyl (C=O) groups is 1. The zero-order valence-corrected chi connectivity index (χ0v) is 15.2. The fourth-order valence-electron chi connectivity index (χ4n) is 2.43. The molecular formula is C14H20BrClN4O2. The van der Waals surface area contributed by atoms with Gasteiger partial charge >= 0.3 is 6.09 Å². The van der Waals surface area contributed by atoms with Crippen molar-refractivity contribution >= 4 is 33.6 Å². The van der Waals surface area contributed by atoms with Crippen molar-refractivity contribution in [2.45, 2.75) is 44.8 Å². The molecule has 0 saturated carbocycles. The van der Waals surface area contributed by atoms with Gasteiger partial charge in [0.2, 0.25) is 0 Å². The molecular weight excluding hydrogens is 372 g/mol. The third kappa shape index (κ3) is 4.30. The summed E-state index contributed by atoms with van der Waals surface area (Å²) < 4.78 is 5.95. The van der Waals surface area contributed by atoms with Gasteiger partial charge in [0.25, 0.3) is 0 Å². The highest BCUT2D eigenvalue weighted by Crippen LogP contribution is 2.32. The van der Waals surface area contributed by atoms with Gasteiger partial charge in [0.1, 0.15) is 21.4 Å². The molecule has 0 bridgehead atoms. The zero-order valence-electron chi connectivity index (χ0n) is 12.9. The minimum Gasteiger partial charge on any atom is -0.444 e. The number of amides is 1. The second kappa shape index (κ2) is 6.68. The van der Waals surface area contributed by atoms with Crippen LogP contribution in [0, 0.1) is 0 Å². The van der Waals surface area contributed by atoms with Crippen LogP contribution in [0.3, 0.4) is 0 Å². The lowest BCUT2D eigenvalue weighted by Crippen LogP contribution is -2.56. The molecule has 1 aromatic rings. The van der Waals surface area contributed by atoms with E-state index < -0.39 is 17.2 Å². The van der Waals surface area contributed by atoms with Crippen LogP contribution in [0.2, 0.25) is 5.15 Å². The van der Waals surface area contributed by atoms with E-state index in [0.717, 1.165) is 13.0 Å². The van der Waals surface area contributed by atoms with Crippen LogP contribution >= 0.6 is 27.5 Å². The minimum absolute atomic E-state index is 0.281. The van der Waals surface area contributed by atoms with E-state index in [1.54, 1.807) is 0 Å². The highest BCUT2D eigenvalue weighted by Gasteiger charge is 2.40. The lowest BCUT2D eigenvalue weighted by atomic mass is 9.87. The number of hydrogen-bond acceptors (Lipinski definition) is 5. The predicted octanol–water partition coefficient (Wildman–Crippen LogP) is 3.00. The zero-order chi connectivity index (χ0) is 16.4. The van der Waals surface area contributed by atoms with E-state index >= 15 is 0 Å². The van der Waals surface area contributed by atoms with Gasteiger partial charge in [0, 0.05) is 6.54 Å². The Labute approximate surface area is 143 Å². The summed E-state index contributed by atoms with van der Waals surface area (Å²) in [5.41, 5.74) is -0.754. The van der Waals surface area contributed by atoms with Crippen molar-refractivity contribution in [2.75, 3.05) is 13.1 Å². The van der Waals surface area contributed by atoms with Crippen LogP contribution in [0.4, 0.5) is 4.79 Å². The topological polar surface area (TPSA) is 76.1 Å². The van der Waals surface area contributed by atoms with Crippen LogP contribution in [-0.4, -0.2) is 34.8 Å². The Hall–Kier alpha value is -0.920. The number of aromatic nitrogens is 2. The standard InChI is InChI=1S/C14H20BrClN4O2/c1-13(2,3)22-12(21)20-14(5-4-6-17-8-14)10-11(16)18-7-9(15)19-10/h7,17H,4-6,8H2,1-3H3,(H,20,21)/t14-/m0/s1. The second-order valence-electron chi connectivity index (χ2n) is 6.32. The summed E-state index contributed by atoms with van der Waals surface area (Å²) in [6, 6.07) is 0. The molecule has 0 aromatic carbocycles. The molecule has 1 saturated heterocycles. The summed E-state index contributed by atoms with van der Waals surface area (Å²) in [4.78, 5) is 20.8. The number of halogens is 2. The first-order valence-corrected chi connectivity index (χ1v) is 8.29. The average Bonchev–Trinajstić information content (AvgIpc) is 2.40. The van der Waals surface area contributed by atoms with Crippen LogP contribution in [0.5, 0.6) is 0 Å². The molecule has 2 rings (SSSR count). The molecule has 0 unspecified atom stereocenters. The Morgan fingerprint density at radius 3 is 2.86 bits per heavy atom. The van der Waals surface area contributed by atoms with Gasteiger partial charge in [-0.3, -0.25) is 0 Å². The Kier molecular flexibility index (Phi) is 5.29. The summed E-state index contributed by atoms with van der Waals surface area (Å²) >= 11 is 9.53. The molecule has 2 heterocycles. The molecule has 1 aliphatic heterocycles. The Bertz CT molecular complexity index is 556. The molecule has 122 valence electrons. The van der Waals surface area contributed by atoms with Gasteiger partial charge in [-0.1, -0.05) is 11.6 Å². The van der Waals surface area contributed by atoms with E-state index in [-0.39, 0.29) is 5.15 Å². The van der Waals surface area contributed by atoms with E-state index in [9.17, 15) is 4.79 Å². The Balaban J connectivity index is 2.32. The number of piperidine rings is 1. The molecule has 2 N–H and O–H groups in total. The first-order valence-electron chi connectivity index (χ1n) is 7.12. The summed E-state index contributed by atoms with van der Waals surface area (Å²) in [7, 11) is 0. The van der Waals surface area contributed by atoms with Crippen molar-refractivity contribution in [3.63, 3.8) is 0 Å². The number of hydrogen-bond donors (Lipinski definition) is 2. The van der Waals surface area contributed by atoms with Gasteiger partial charge in [-0.25, -0.2) is 14.8 Å². The molecule has 0 spiro atoms. The van der Waals surface area contributed by atoms with Crippen molar-refractivity contribution in [3.8, 4) is 0 Å². The Morgan fingerprint density at radius 2 is 2.27 bits per heavy atom. The van der Waals surface area contributed by atoms with Crippen molar-refractivity contribution in [3.05, 3.63) is 21.6 Å². The van der Waals surface area contributed by atoms with E-state index in [0.29, 0.717) is 23.3 Å². The molecule has 22 heavy (non-hydrogen) atoms. The molecule has 1 aliphatic rings. The summed E-state index contributed by atoms with van der Waals surface area (Å²) in [5.74, 6) is 0. The number of alkyl carbamates (subject to hydrolysis) is 1. The predicted molar refractivity (Wildman–Crippen MR) is 87.9 cm³/mol. The van der Waals surface area contributed by atoms with Crippen LogP contribution in [-0.2, 0) is 10.3 Å². The van der Waals surface area contributed by atoms with Gasteiger partial charge in [-0.2, -0.15) is 0 Å². The second-order valence-corrected chi connectivity index (χ2v) is 7.49. The van der Waals surface area contributed by atoms with Crippen molar-refractivity contribution in [1.82, 2.24) is 20.6 Å². The first-order chi connectivity index (χ1) is 10.2. The maximum absolute atomic E-state index is 12.2. The molecule has 0 aliphatic carbocycles.